The summed E-state index contributed by atoms with van der Waals surface area (Å²) in [6, 6.07) is 10.3. The number of pyridine rings is 1. The van der Waals surface area contributed by atoms with Crippen LogP contribution in [0.5, 0.6) is 0 Å². The number of benzene rings is 1. The number of aliphatic hydroxyl groups excluding tert-OH is 1. The first-order valence-corrected chi connectivity index (χ1v) is 13.6. The molecule has 0 atom stereocenters. The highest BCUT2D eigenvalue weighted by Gasteiger charge is 2.36. The Morgan fingerprint density at radius 1 is 0.897 bits per heavy atom. The smallest absolute Gasteiger partial charge is 0.395 e. The van der Waals surface area contributed by atoms with Gasteiger partial charge in [-0.25, -0.2) is 9.97 Å². The van der Waals surface area contributed by atoms with Crippen LogP contribution in [0.3, 0.4) is 0 Å². The fourth-order valence-corrected chi connectivity index (χ4v) is 5.24. The van der Waals surface area contributed by atoms with E-state index in [1.165, 1.54) is 18.7 Å². The van der Waals surface area contributed by atoms with Crippen molar-refractivity contribution in [2.24, 2.45) is 0 Å². The molecule has 2 aliphatic rings. The highest BCUT2D eigenvalue weighted by atomic mass is 19.4. The summed E-state index contributed by atoms with van der Waals surface area (Å²) in [5.41, 5.74) is 2.58. The maximum atomic E-state index is 13.7. The van der Waals surface area contributed by atoms with Gasteiger partial charge < -0.3 is 20.2 Å². The van der Waals surface area contributed by atoms with Crippen LogP contribution in [0.1, 0.15) is 55.5 Å². The Morgan fingerprint density at radius 2 is 1.62 bits per heavy atom. The second kappa shape index (κ2) is 11.0. The first-order chi connectivity index (χ1) is 18.7. The van der Waals surface area contributed by atoms with Gasteiger partial charge in [-0.3, -0.25) is 0 Å². The van der Waals surface area contributed by atoms with Gasteiger partial charge in [0.15, 0.2) is 0 Å². The lowest BCUT2D eigenvalue weighted by Gasteiger charge is -2.28. The molecule has 0 radical (unpaired) electrons. The largest absolute Gasteiger partial charge is 0.419 e. The van der Waals surface area contributed by atoms with Crippen LogP contribution < -0.4 is 15.1 Å². The molecule has 5 rings (SSSR count). The number of piperidine rings is 1. The number of nitrogens with zero attached hydrogens (tertiary/aromatic N) is 5. The summed E-state index contributed by atoms with van der Waals surface area (Å²) in [7, 11) is 0. The number of hydrogen-bond acceptors (Lipinski definition) is 7. The molecule has 0 unspecified atom stereocenters. The van der Waals surface area contributed by atoms with E-state index in [4.69, 9.17) is 9.97 Å². The van der Waals surface area contributed by atoms with E-state index >= 15 is 0 Å². The fraction of sp³-hybridized carbons (Fsp3) is 0.483. The predicted octanol–water partition coefficient (Wildman–Crippen LogP) is 5.50. The Balaban J connectivity index is 1.47. The standard InChI is InChI=1S/C29H35F3N6O/c1-28(2,19-39)20-8-10-21(11-9-20)34-25-22-12-17-37(26-23(29(30,31)32)7-6-14-33-26)18-13-24(22)35-27(36-25)38-15-4-3-5-16-38/h6-11,14,39H,3-5,12-13,15-19H2,1-2H3,(H,34,35,36). The molecule has 4 heterocycles. The highest BCUT2D eigenvalue weighted by Crippen LogP contribution is 2.36. The third-order valence-corrected chi connectivity index (χ3v) is 7.69. The maximum Gasteiger partial charge on any atom is 0.419 e. The SMILES string of the molecule is CC(C)(CO)c1ccc(Nc2nc(N3CCCCC3)nc3c2CCN(c2ncccc2C(F)(F)F)CC3)cc1. The summed E-state index contributed by atoms with van der Waals surface area (Å²) >= 11 is 0. The summed E-state index contributed by atoms with van der Waals surface area (Å²) in [6.45, 7) is 6.55. The van der Waals surface area contributed by atoms with Gasteiger partial charge in [0.05, 0.1) is 17.9 Å². The van der Waals surface area contributed by atoms with Crippen molar-refractivity contribution >= 4 is 23.3 Å². The number of halogens is 3. The van der Waals surface area contributed by atoms with Crippen LogP contribution in [0.25, 0.3) is 0 Å². The van der Waals surface area contributed by atoms with Crippen molar-refractivity contribution in [3.8, 4) is 0 Å². The number of alkyl halides is 3. The van der Waals surface area contributed by atoms with Crippen molar-refractivity contribution in [2.45, 2.75) is 57.5 Å². The first-order valence-electron chi connectivity index (χ1n) is 13.6. The lowest BCUT2D eigenvalue weighted by atomic mass is 9.85. The number of rotatable bonds is 6. The second-order valence-electron chi connectivity index (χ2n) is 10.9. The van der Waals surface area contributed by atoms with E-state index in [0.29, 0.717) is 37.7 Å². The molecule has 0 bridgehead atoms. The van der Waals surface area contributed by atoms with Crippen molar-refractivity contribution in [1.82, 2.24) is 15.0 Å². The van der Waals surface area contributed by atoms with Gasteiger partial charge in [0, 0.05) is 55.5 Å². The van der Waals surface area contributed by atoms with E-state index in [1.807, 2.05) is 38.1 Å². The molecule has 7 nitrogen and oxygen atoms in total. The Labute approximate surface area is 227 Å². The molecule has 0 aliphatic carbocycles. The second-order valence-corrected chi connectivity index (χ2v) is 10.9. The highest BCUT2D eigenvalue weighted by molar-refractivity contribution is 5.63. The Morgan fingerprint density at radius 3 is 2.31 bits per heavy atom. The fourth-order valence-electron chi connectivity index (χ4n) is 5.24. The van der Waals surface area contributed by atoms with Crippen LogP contribution in [0.2, 0.25) is 0 Å². The molecule has 3 aromatic rings. The molecular formula is C29H35F3N6O. The van der Waals surface area contributed by atoms with Gasteiger partial charge in [0.25, 0.3) is 0 Å². The zero-order valence-corrected chi connectivity index (χ0v) is 22.4. The minimum absolute atomic E-state index is 0.0429. The van der Waals surface area contributed by atoms with Gasteiger partial charge in [-0.1, -0.05) is 26.0 Å². The van der Waals surface area contributed by atoms with Gasteiger partial charge in [-0.05, 0) is 55.5 Å². The summed E-state index contributed by atoms with van der Waals surface area (Å²) < 4.78 is 41.2. The molecule has 2 aromatic heterocycles. The zero-order chi connectivity index (χ0) is 27.6. The van der Waals surface area contributed by atoms with Crippen molar-refractivity contribution in [2.75, 3.05) is 47.9 Å². The van der Waals surface area contributed by atoms with Gasteiger partial charge in [0.2, 0.25) is 5.95 Å². The van der Waals surface area contributed by atoms with Gasteiger partial charge in [-0.2, -0.15) is 18.2 Å². The molecule has 1 saturated heterocycles. The van der Waals surface area contributed by atoms with Crippen LogP contribution in [0.4, 0.5) is 36.4 Å². The van der Waals surface area contributed by atoms with Crippen molar-refractivity contribution in [1.29, 1.82) is 0 Å². The molecule has 2 N–H and O–H groups in total. The van der Waals surface area contributed by atoms with Crippen molar-refractivity contribution in [3.05, 3.63) is 65.0 Å². The van der Waals surface area contributed by atoms with Crippen LogP contribution in [-0.4, -0.2) is 52.8 Å². The average molecular weight is 541 g/mol. The number of aromatic nitrogens is 3. The monoisotopic (exact) mass is 540 g/mol. The number of hydrogen-bond donors (Lipinski definition) is 2. The summed E-state index contributed by atoms with van der Waals surface area (Å²) in [5.74, 6) is 1.31. The van der Waals surface area contributed by atoms with E-state index in [9.17, 15) is 18.3 Å². The van der Waals surface area contributed by atoms with Crippen LogP contribution >= 0.6 is 0 Å². The van der Waals surface area contributed by atoms with E-state index < -0.39 is 11.7 Å². The molecular weight excluding hydrogens is 505 g/mol. The van der Waals surface area contributed by atoms with Gasteiger partial charge >= 0.3 is 6.18 Å². The molecule has 2 aliphatic heterocycles. The zero-order valence-electron chi connectivity index (χ0n) is 22.4. The van der Waals surface area contributed by atoms with Crippen molar-refractivity contribution in [3.63, 3.8) is 0 Å². The quantitative estimate of drug-likeness (QED) is 0.428. The minimum atomic E-state index is -4.48. The lowest BCUT2D eigenvalue weighted by Crippen LogP contribution is -2.31. The number of anilines is 4. The molecule has 0 saturated carbocycles. The van der Waals surface area contributed by atoms with Gasteiger partial charge in [0.1, 0.15) is 11.6 Å². The molecule has 0 spiro atoms. The van der Waals surface area contributed by atoms with Crippen LogP contribution in [0.15, 0.2) is 42.6 Å². The molecule has 39 heavy (non-hydrogen) atoms. The van der Waals surface area contributed by atoms with E-state index in [-0.39, 0.29) is 17.8 Å². The maximum absolute atomic E-state index is 13.7. The number of fused-ring (bicyclic) bond motifs is 1. The predicted molar refractivity (Wildman–Crippen MR) is 147 cm³/mol. The number of aliphatic hydroxyl groups is 1. The topological polar surface area (TPSA) is 77.4 Å². The summed E-state index contributed by atoms with van der Waals surface area (Å²) in [5, 5.41) is 13.2. The summed E-state index contributed by atoms with van der Waals surface area (Å²) in [4.78, 5) is 17.9. The Kier molecular flexibility index (Phi) is 7.66. The average Bonchev–Trinajstić information content (AvgIpc) is 3.16. The molecule has 0 amide bonds. The van der Waals surface area contributed by atoms with Crippen molar-refractivity contribution < 1.29 is 18.3 Å². The lowest BCUT2D eigenvalue weighted by molar-refractivity contribution is -0.137. The molecule has 208 valence electrons. The first kappa shape index (κ1) is 27.2. The van der Waals surface area contributed by atoms with Crippen LogP contribution in [0, 0.1) is 0 Å². The molecule has 1 fully saturated rings. The third-order valence-electron chi connectivity index (χ3n) is 7.69. The van der Waals surface area contributed by atoms with E-state index in [2.05, 4.69) is 15.2 Å². The minimum Gasteiger partial charge on any atom is -0.395 e. The van der Waals surface area contributed by atoms with Gasteiger partial charge in [-0.15, -0.1) is 0 Å². The van der Waals surface area contributed by atoms with E-state index in [1.54, 1.807) is 4.90 Å². The Hall–Kier alpha value is -3.40. The normalized spacial score (nSPS) is 16.6. The van der Waals surface area contributed by atoms with Crippen LogP contribution in [-0.2, 0) is 24.4 Å². The Bertz CT molecular complexity index is 1290. The molecule has 10 heteroatoms. The third kappa shape index (κ3) is 5.95. The molecule has 1 aromatic carbocycles. The van der Waals surface area contributed by atoms with E-state index in [0.717, 1.165) is 54.5 Å². The summed E-state index contributed by atoms with van der Waals surface area (Å²) in [6.07, 6.45) is 1.26. The number of nitrogens with one attached hydrogen (secondary N) is 1.